The molecule has 6 heteroatoms. The summed E-state index contributed by atoms with van der Waals surface area (Å²) in [4.78, 5) is 10.8. The van der Waals surface area contributed by atoms with E-state index in [0.717, 1.165) is 33.8 Å². The standard InChI is InChI=1S/C59H36N4S2/c1-2-14-35(15-3-1)57-60-58(62-59(61-57)44-23-13-27-53-56(44)43-21-9-11-25-51(43)64-53)40-28-29-49(63-48-24-10-8-20-41(48)45-30-36-16-4-6-18-38(36)33-50(45)63)46(32-40)42-22-12-26-52-55(42)47-31-37-17-5-7-19-39(37)34-54(47)65-52/h1-34,59H,(H,60,61,62). The van der Waals surface area contributed by atoms with E-state index in [2.05, 4.69) is 210 Å². The minimum absolute atomic E-state index is 0.370. The number of hydrogen-bond acceptors (Lipinski definition) is 5. The molecule has 65 heavy (non-hydrogen) atoms. The summed E-state index contributed by atoms with van der Waals surface area (Å²) in [7, 11) is 0. The maximum atomic E-state index is 5.38. The fourth-order valence-electron chi connectivity index (χ4n) is 10.2. The molecular weight excluding hydrogens is 829 g/mol. The van der Waals surface area contributed by atoms with Crippen molar-refractivity contribution in [2.75, 3.05) is 0 Å². The summed E-state index contributed by atoms with van der Waals surface area (Å²) in [5.74, 6) is 1.49. The Balaban J connectivity index is 1.04. The fraction of sp³-hybridized carbons (Fsp3) is 0.0169. The maximum Gasteiger partial charge on any atom is 0.159 e. The largest absolute Gasteiger partial charge is 0.344 e. The SMILES string of the molecule is c1ccc(C2=NC(c3cccc4sc5ccccc5c34)NC(c3ccc(-n4c5ccccc5c5cc6ccccc6cc54)c(-c4cccc5sc6cc7ccccc7cc6c45)c3)=N2)cc1. The molecule has 13 aromatic rings. The van der Waals surface area contributed by atoms with Crippen molar-refractivity contribution in [3.8, 4) is 16.8 Å². The van der Waals surface area contributed by atoms with Gasteiger partial charge in [-0.05, 0) is 93.8 Å². The number of aliphatic imine (C=N–C) groups is 2. The first-order valence-electron chi connectivity index (χ1n) is 22.0. The van der Waals surface area contributed by atoms with Crippen molar-refractivity contribution in [3.63, 3.8) is 0 Å². The molecule has 0 saturated carbocycles. The van der Waals surface area contributed by atoms with Crippen molar-refractivity contribution < 1.29 is 0 Å². The van der Waals surface area contributed by atoms with Crippen molar-refractivity contribution in [1.29, 1.82) is 0 Å². The monoisotopic (exact) mass is 864 g/mol. The summed E-state index contributed by atoms with van der Waals surface area (Å²) in [6, 6.07) is 75.2. The van der Waals surface area contributed by atoms with E-state index >= 15 is 0 Å². The van der Waals surface area contributed by atoms with Crippen LogP contribution in [0.1, 0.15) is 22.9 Å². The van der Waals surface area contributed by atoms with Gasteiger partial charge >= 0.3 is 0 Å². The van der Waals surface area contributed by atoms with Crippen LogP contribution in [-0.2, 0) is 0 Å². The minimum Gasteiger partial charge on any atom is -0.344 e. The molecule has 0 amide bonds. The van der Waals surface area contributed by atoms with Crippen LogP contribution in [-0.4, -0.2) is 16.2 Å². The number of benzene rings is 10. The van der Waals surface area contributed by atoms with Gasteiger partial charge in [-0.3, -0.25) is 0 Å². The summed E-state index contributed by atoms with van der Waals surface area (Å²) in [6.45, 7) is 0. The Morgan fingerprint density at radius 3 is 1.89 bits per heavy atom. The van der Waals surface area contributed by atoms with Crippen LogP contribution in [0.5, 0.6) is 0 Å². The highest BCUT2D eigenvalue weighted by molar-refractivity contribution is 7.26. The van der Waals surface area contributed by atoms with Crippen LogP contribution in [0.25, 0.3) is 101 Å². The van der Waals surface area contributed by atoms with Gasteiger partial charge in [0.1, 0.15) is 12.0 Å². The molecular formula is C59H36N4S2. The summed E-state index contributed by atoms with van der Waals surface area (Å²) < 4.78 is 7.55. The van der Waals surface area contributed by atoms with Gasteiger partial charge in [0, 0.05) is 73.4 Å². The van der Waals surface area contributed by atoms with E-state index in [0.29, 0.717) is 5.84 Å². The zero-order valence-electron chi connectivity index (χ0n) is 34.9. The van der Waals surface area contributed by atoms with Crippen LogP contribution in [0.3, 0.4) is 0 Å². The molecule has 1 N–H and O–H groups in total. The number of aromatic nitrogens is 1. The Morgan fingerprint density at radius 1 is 0.415 bits per heavy atom. The van der Waals surface area contributed by atoms with E-state index in [1.54, 1.807) is 0 Å². The second kappa shape index (κ2) is 14.3. The smallest absolute Gasteiger partial charge is 0.159 e. The first-order chi connectivity index (χ1) is 32.2. The quantitative estimate of drug-likeness (QED) is 0.184. The minimum atomic E-state index is -0.370. The molecule has 0 aliphatic carbocycles. The third-order valence-electron chi connectivity index (χ3n) is 13.2. The van der Waals surface area contributed by atoms with Gasteiger partial charge in [0.15, 0.2) is 5.84 Å². The Morgan fingerprint density at radius 2 is 1.06 bits per heavy atom. The molecule has 3 aromatic heterocycles. The zero-order chi connectivity index (χ0) is 42.6. The lowest BCUT2D eigenvalue weighted by atomic mass is 9.94. The van der Waals surface area contributed by atoms with Gasteiger partial charge in [-0.1, -0.05) is 140 Å². The molecule has 4 heterocycles. The van der Waals surface area contributed by atoms with E-state index in [1.165, 1.54) is 89.3 Å². The normalized spacial score (nSPS) is 14.3. The second-order valence-corrected chi connectivity index (χ2v) is 19.1. The van der Waals surface area contributed by atoms with Crippen molar-refractivity contribution in [2.45, 2.75) is 6.17 Å². The topological polar surface area (TPSA) is 41.7 Å². The molecule has 0 spiro atoms. The number of fused-ring (bicyclic) bond motifs is 11. The number of thiophene rings is 2. The molecule has 0 saturated heterocycles. The number of para-hydroxylation sites is 1. The average molecular weight is 865 g/mol. The van der Waals surface area contributed by atoms with Gasteiger partial charge in [-0.15, -0.1) is 22.7 Å². The van der Waals surface area contributed by atoms with Crippen molar-refractivity contribution in [3.05, 3.63) is 223 Å². The Bertz CT molecular complexity index is 4170. The number of amidine groups is 2. The first kappa shape index (κ1) is 36.6. The third-order valence-corrected chi connectivity index (χ3v) is 15.5. The van der Waals surface area contributed by atoms with Gasteiger partial charge in [-0.25, -0.2) is 9.98 Å². The molecule has 0 fully saturated rings. The molecule has 4 nitrogen and oxygen atoms in total. The van der Waals surface area contributed by atoms with Gasteiger partial charge in [-0.2, -0.15) is 0 Å². The molecule has 304 valence electrons. The molecule has 1 aliphatic rings. The highest BCUT2D eigenvalue weighted by atomic mass is 32.1. The molecule has 0 bridgehead atoms. The van der Waals surface area contributed by atoms with Crippen LogP contribution in [0.15, 0.2) is 216 Å². The van der Waals surface area contributed by atoms with Gasteiger partial charge in [0.2, 0.25) is 0 Å². The molecule has 14 rings (SSSR count). The number of hydrogen-bond donors (Lipinski definition) is 1. The van der Waals surface area contributed by atoms with Gasteiger partial charge in [0.25, 0.3) is 0 Å². The van der Waals surface area contributed by atoms with E-state index < -0.39 is 0 Å². The second-order valence-electron chi connectivity index (χ2n) is 16.9. The first-order valence-corrected chi connectivity index (χ1v) is 23.6. The molecule has 0 radical (unpaired) electrons. The summed E-state index contributed by atoms with van der Waals surface area (Å²) in [5.41, 5.74) is 8.89. The van der Waals surface area contributed by atoms with Gasteiger partial charge < -0.3 is 9.88 Å². The molecule has 1 atom stereocenters. The van der Waals surface area contributed by atoms with Crippen LogP contribution in [0, 0.1) is 0 Å². The van der Waals surface area contributed by atoms with Crippen molar-refractivity contribution in [2.24, 2.45) is 9.98 Å². The van der Waals surface area contributed by atoms with E-state index in [-0.39, 0.29) is 6.17 Å². The Kier molecular flexibility index (Phi) is 8.05. The fourth-order valence-corrected chi connectivity index (χ4v) is 12.5. The van der Waals surface area contributed by atoms with Crippen LogP contribution in [0.2, 0.25) is 0 Å². The summed E-state index contributed by atoms with van der Waals surface area (Å²) >= 11 is 3.70. The van der Waals surface area contributed by atoms with Crippen LogP contribution in [0.4, 0.5) is 0 Å². The highest BCUT2D eigenvalue weighted by Crippen LogP contribution is 2.46. The molecule has 1 aliphatic heterocycles. The number of nitrogens with one attached hydrogen (secondary N) is 1. The third kappa shape index (κ3) is 5.74. The maximum absolute atomic E-state index is 5.38. The van der Waals surface area contributed by atoms with E-state index in [1.807, 2.05) is 28.7 Å². The zero-order valence-corrected chi connectivity index (χ0v) is 36.5. The predicted octanol–water partition coefficient (Wildman–Crippen LogP) is 16.0. The lowest BCUT2D eigenvalue weighted by Gasteiger charge is -2.25. The number of rotatable bonds is 5. The van der Waals surface area contributed by atoms with Crippen molar-refractivity contribution in [1.82, 2.24) is 9.88 Å². The lowest BCUT2D eigenvalue weighted by molar-refractivity contribution is 0.680. The van der Waals surface area contributed by atoms with Crippen LogP contribution >= 0.6 is 22.7 Å². The van der Waals surface area contributed by atoms with Crippen molar-refractivity contribution >= 4 is 118 Å². The predicted molar refractivity (Wildman–Crippen MR) is 279 cm³/mol. The Labute approximate surface area is 381 Å². The number of nitrogens with zero attached hydrogens (tertiary/aromatic N) is 3. The van der Waals surface area contributed by atoms with Crippen LogP contribution < -0.4 is 5.32 Å². The summed E-state index contributed by atoms with van der Waals surface area (Å²) in [6.07, 6.45) is -0.370. The van der Waals surface area contributed by atoms with Gasteiger partial charge in [0.05, 0.1) is 16.7 Å². The average Bonchev–Trinajstić information content (AvgIpc) is 4.04. The molecule has 10 aromatic carbocycles. The highest BCUT2D eigenvalue weighted by Gasteiger charge is 2.26. The van der Waals surface area contributed by atoms with E-state index in [4.69, 9.17) is 9.98 Å². The van der Waals surface area contributed by atoms with E-state index in [9.17, 15) is 0 Å². The lowest BCUT2D eigenvalue weighted by Crippen LogP contribution is -2.33. The summed E-state index contributed by atoms with van der Waals surface area (Å²) in [5, 5.41) is 16.3. The Hall–Kier alpha value is -7.90. The molecule has 1 unspecified atom stereocenters.